The first-order chi connectivity index (χ1) is 13.0. The fraction of sp³-hybridized carbons (Fsp3) is 0.273. The molecule has 0 unspecified atom stereocenters. The summed E-state index contributed by atoms with van der Waals surface area (Å²) >= 11 is 0. The van der Waals surface area contributed by atoms with Crippen LogP contribution in [0.4, 0.5) is 5.69 Å². The SMILES string of the molecule is CN(C)C(=O)c1ccc(NC(=O)CN2CC=C(c3ccccc3)CC2)cc1. The Kier molecular flexibility index (Phi) is 6.04. The second kappa shape index (κ2) is 8.64. The van der Waals surface area contributed by atoms with Gasteiger partial charge in [0.2, 0.25) is 5.91 Å². The van der Waals surface area contributed by atoms with Gasteiger partial charge in [0.25, 0.3) is 5.91 Å². The van der Waals surface area contributed by atoms with Crippen molar-refractivity contribution in [2.24, 2.45) is 0 Å². The molecule has 27 heavy (non-hydrogen) atoms. The Bertz CT molecular complexity index is 826. The molecule has 1 aliphatic heterocycles. The van der Waals surface area contributed by atoms with Gasteiger partial charge in [-0.25, -0.2) is 0 Å². The quantitative estimate of drug-likeness (QED) is 0.888. The summed E-state index contributed by atoms with van der Waals surface area (Å²) in [5, 5.41) is 2.90. The number of carbonyl (C=O) groups excluding carboxylic acids is 2. The maximum Gasteiger partial charge on any atom is 0.253 e. The highest BCUT2D eigenvalue weighted by atomic mass is 16.2. The van der Waals surface area contributed by atoms with Crippen LogP contribution in [-0.4, -0.2) is 55.3 Å². The third kappa shape index (κ3) is 5.05. The highest BCUT2D eigenvalue weighted by Crippen LogP contribution is 2.21. The average Bonchev–Trinajstić information content (AvgIpc) is 2.69. The summed E-state index contributed by atoms with van der Waals surface area (Å²) in [6.07, 6.45) is 3.15. The summed E-state index contributed by atoms with van der Waals surface area (Å²) in [4.78, 5) is 27.9. The molecule has 5 heteroatoms. The first-order valence-corrected chi connectivity index (χ1v) is 9.11. The van der Waals surface area contributed by atoms with Crippen molar-refractivity contribution >= 4 is 23.1 Å². The molecule has 2 aromatic rings. The molecular weight excluding hydrogens is 338 g/mol. The van der Waals surface area contributed by atoms with E-state index in [0.29, 0.717) is 17.8 Å². The minimum Gasteiger partial charge on any atom is -0.345 e. The van der Waals surface area contributed by atoms with Crippen LogP contribution in [0.1, 0.15) is 22.3 Å². The van der Waals surface area contributed by atoms with Gasteiger partial charge in [-0.15, -0.1) is 0 Å². The van der Waals surface area contributed by atoms with Crippen molar-refractivity contribution in [1.29, 1.82) is 0 Å². The molecule has 5 nitrogen and oxygen atoms in total. The van der Waals surface area contributed by atoms with E-state index >= 15 is 0 Å². The van der Waals surface area contributed by atoms with Crippen LogP contribution < -0.4 is 5.32 Å². The Morgan fingerprint density at radius 2 is 1.74 bits per heavy atom. The van der Waals surface area contributed by atoms with Gasteiger partial charge in [0.05, 0.1) is 6.54 Å². The van der Waals surface area contributed by atoms with Gasteiger partial charge >= 0.3 is 0 Å². The molecule has 2 aromatic carbocycles. The number of amides is 2. The molecule has 1 aliphatic rings. The molecule has 0 fully saturated rings. The zero-order valence-corrected chi connectivity index (χ0v) is 15.8. The average molecular weight is 363 g/mol. The second-order valence-corrected chi connectivity index (χ2v) is 6.91. The number of nitrogens with zero attached hydrogens (tertiary/aromatic N) is 2. The molecule has 1 N–H and O–H groups in total. The number of anilines is 1. The third-order valence-electron chi connectivity index (χ3n) is 4.63. The fourth-order valence-corrected chi connectivity index (χ4v) is 3.13. The molecule has 0 atom stereocenters. The summed E-state index contributed by atoms with van der Waals surface area (Å²) in [5.74, 6) is -0.0968. The minimum atomic E-state index is -0.0535. The Hall–Kier alpha value is -2.92. The summed E-state index contributed by atoms with van der Waals surface area (Å²) in [5.41, 5.74) is 3.91. The zero-order valence-electron chi connectivity index (χ0n) is 15.8. The third-order valence-corrected chi connectivity index (χ3v) is 4.63. The number of rotatable bonds is 5. The lowest BCUT2D eigenvalue weighted by Gasteiger charge is -2.25. The molecule has 0 bridgehead atoms. The summed E-state index contributed by atoms with van der Waals surface area (Å²) in [6.45, 7) is 2.00. The Morgan fingerprint density at radius 3 is 2.33 bits per heavy atom. The fourth-order valence-electron chi connectivity index (χ4n) is 3.13. The largest absolute Gasteiger partial charge is 0.345 e. The first kappa shape index (κ1) is 18.9. The highest BCUT2D eigenvalue weighted by Gasteiger charge is 2.16. The molecule has 0 radical (unpaired) electrons. The van der Waals surface area contributed by atoms with E-state index in [2.05, 4.69) is 28.4 Å². The Labute approximate surface area is 160 Å². The number of carbonyl (C=O) groups is 2. The van der Waals surface area contributed by atoms with Crippen molar-refractivity contribution < 1.29 is 9.59 Å². The molecule has 0 saturated carbocycles. The standard InChI is InChI=1S/C22H25N3O2/c1-24(2)22(27)19-8-10-20(11-9-19)23-21(26)16-25-14-12-18(13-15-25)17-6-4-3-5-7-17/h3-12H,13-16H2,1-2H3,(H,23,26). The van der Waals surface area contributed by atoms with Crippen molar-refractivity contribution in [1.82, 2.24) is 9.80 Å². The molecule has 0 aromatic heterocycles. The topological polar surface area (TPSA) is 52.7 Å². The van der Waals surface area contributed by atoms with Crippen LogP contribution in [0.3, 0.4) is 0 Å². The van der Waals surface area contributed by atoms with Crippen molar-refractivity contribution in [3.05, 3.63) is 71.8 Å². The van der Waals surface area contributed by atoms with Crippen molar-refractivity contribution in [2.75, 3.05) is 39.0 Å². The van der Waals surface area contributed by atoms with Crippen molar-refractivity contribution in [2.45, 2.75) is 6.42 Å². The molecule has 0 aliphatic carbocycles. The highest BCUT2D eigenvalue weighted by molar-refractivity contribution is 5.96. The van der Waals surface area contributed by atoms with Gasteiger partial charge < -0.3 is 10.2 Å². The number of hydrogen-bond donors (Lipinski definition) is 1. The van der Waals surface area contributed by atoms with E-state index in [9.17, 15) is 9.59 Å². The maximum atomic E-state index is 12.3. The zero-order chi connectivity index (χ0) is 19.2. The lowest BCUT2D eigenvalue weighted by Crippen LogP contribution is -2.36. The van der Waals surface area contributed by atoms with Gasteiger partial charge in [0.15, 0.2) is 0 Å². The van der Waals surface area contributed by atoms with Crippen LogP contribution in [0.2, 0.25) is 0 Å². The van der Waals surface area contributed by atoms with E-state index in [4.69, 9.17) is 0 Å². The monoisotopic (exact) mass is 363 g/mol. The van der Waals surface area contributed by atoms with E-state index < -0.39 is 0 Å². The second-order valence-electron chi connectivity index (χ2n) is 6.91. The smallest absolute Gasteiger partial charge is 0.253 e. The van der Waals surface area contributed by atoms with Gasteiger partial charge in [-0.1, -0.05) is 36.4 Å². The summed E-state index contributed by atoms with van der Waals surface area (Å²) in [7, 11) is 3.43. The predicted molar refractivity (Wildman–Crippen MR) is 109 cm³/mol. The van der Waals surface area contributed by atoms with Gasteiger partial charge in [-0.3, -0.25) is 14.5 Å². The van der Waals surface area contributed by atoms with Crippen LogP contribution >= 0.6 is 0 Å². The normalized spacial score (nSPS) is 14.4. The number of hydrogen-bond acceptors (Lipinski definition) is 3. The van der Waals surface area contributed by atoms with E-state index in [-0.39, 0.29) is 11.8 Å². The molecule has 3 rings (SSSR count). The van der Waals surface area contributed by atoms with Gasteiger partial charge in [0.1, 0.15) is 0 Å². The Balaban J connectivity index is 1.51. The number of nitrogens with one attached hydrogen (secondary N) is 1. The Morgan fingerprint density at radius 1 is 1.04 bits per heavy atom. The van der Waals surface area contributed by atoms with E-state index in [1.165, 1.54) is 16.0 Å². The van der Waals surface area contributed by atoms with Gasteiger partial charge in [-0.05, 0) is 41.8 Å². The lowest BCUT2D eigenvalue weighted by atomic mass is 10.00. The van der Waals surface area contributed by atoms with E-state index in [1.807, 2.05) is 18.2 Å². The van der Waals surface area contributed by atoms with Gasteiger partial charge in [0, 0.05) is 38.4 Å². The molecule has 0 spiro atoms. The van der Waals surface area contributed by atoms with Crippen LogP contribution in [0.25, 0.3) is 5.57 Å². The molecular formula is C22H25N3O2. The summed E-state index contributed by atoms with van der Waals surface area (Å²) in [6, 6.07) is 17.4. The molecule has 1 heterocycles. The molecule has 140 valence electrons. The van der Waals surface area contributed by atoms with Gasteiger partial charge in [-0.2, -0.15) is 0 Å². The first-order valence-electron chi connectivity index (χ1n) is 9.11. The van der Waals surface area contributed by atoms with Crippen LogP contribution in [-0.2, 0) is 4.79 Å². The number of benzene rings is 2. The van der Waals surface area contributed by atoms with Crippen molar-refractivity contribution in [3.8, 4) is 0 Å². The lowest BCUT2D eigenvalue weighted by molar-refractivity contribution is -0.117. The van der Waals surface area contributed by atoms with Crippen LogP contribution in [0.15, 0.2) is 60.7 Å². The van der Waals surface area contributed by atoms with E-state index in [1.54, 1.807) is 38.4 Å². The van der Waals surface area contributed by atoms with Crippen LogP contribution in [0, 0.1) is 0 Å². The minimum absolute atomic E-state index is 0.0433. The molecule has 0 saturated heterocycles. The summed E-state index contributed by atoms with van der Waals surface area (Å²) < 4.78 is 0. The predicted octanol–water partition coefficient (Wildman–Crippen LogP) is 3.12. The molecule has 2 amide bonds. The van der Waals surface area contributed by atoms with E-state index in [0.717, 1.165) is 19.5 Å². The maximum absolute atomic E-state index is 12.3. The van der Waals surface area contributed by atoms with Crippen LogP contribution in [0.5, 0.6) is 0 Å². The van der Waals surface area contributed by atoms with Crippen molar-refractivity contribution in [3.63, 3.8) is 0 Å².